The molecule has 0 bridgehead atoms. The lowest BCUT2D eigenvalue weighted by Gasteiger charge is -2.06. The number of rotatable bonds is 2. The molecule has 2 N–H and O–H groups in total. The molecule has 0 radical (unpaired) electrons. The van der Waals surface area contributed by atoms with Crippen molar-refractivity contribution >= 4 is 17.4 Å². The predicted octanol–water partition coefficient (Wildman–Crippen LogP) is 2.77. The van der Waals surface area contributed by atoms with Crippen LogP contribution in [-0.2, 0) is 0 Å². The summed E-state index contributed by atoms with van der Waals surface area (Å²) in [6, 6.07) is 6.29. The van der Waals surface area contributed by atoms with Crippen molar-refractivity contribution in [2.75, 3.05) is 5.73 Å². The Labute approximate surface area is 81.8 Å². The van der Waals surface area contributed by atoms with E-state index in [1.54, 1.807) is 12.1 Å². The Morgan fingerprint density at radius 2 is 2.27 bits per heavy atom. The number of nitrogen functional groups attached to an aromatic ring is 1. The fourth-order valence-corrected chi connectivity index (χ4v) is 1.24. The van der Waals surface area contributed by atoms with Gasteiger partial charge in [-0.05, 0) is 12.1 Å². The number of benzene rings is 1. The first-order valence-electron chi connectivity index (χ1n) is 6.52. The highest BCUT2D eigenvalue weighted by molar-refractivity contribution is 8.00. The molecular weight excluding hydrogens is 154 g/mol. The number of anilines is 1. The van der Waals surface area contributed by atoms with Crippen molar-refractivity contribution in [3.63, 3.8) is 0 Å². The number of thioether (sulfide) groups is 1. The molecule has 1 rings (SSSR count). The maximum atomic E-state index is 7.84. The third-order valence-electron chi connectivity index (χ3n) is 1.13. The summed E-state index contributed by atoms with van der Waals surface area (Å²) < 4.78 is 51.6. The molecule has 1 nitrogen and oxygen atoms in total. The quantitative estimate of drug-likeness (QED) is 0.551. The van der Waals surface area contributed by atoms with E-state index >= 15 is 0 Å². The van der Waals surface area contributed by atoms with Gasteiger partial charge >= 0.3 is 0 Å². The largest absolute Gasteiger partial charge is 0.398 e. The van der Waals surface area contributed by atoms with Gasteiger partial charge in [0.15, 0.2) is 0 Å². The van der Waals surface area contributed by atoms with Gasteiger partial charge in [-0.2, -0.15) is 0 Å². The second-order valence-electron chi connectivity index (χ2n) is 1.97. The summed E-state index contributed by atoms with van der Waals surface area (Å²) in [5.74, 6) is 0. The lowest BCUT2D eigenvalue weighted by molar-refractivity contribution is 1.11. The van der Waals surface area contributed by atoms with Crippen LogP contribution in [0.5, 0.6) is 0 Å². The van der Waals surface area contributed by atoms with Crippen molar-refractivity contribution in [3.8, 4) is 0 Å². The minimum atomic E-state index is -2.95. The maximum Gasteiger partial charge on any atom is 0.0452 e. The molecule has 0 aliphatic rings. The fourth-order valence-electron chi connectivity index (χ4n) is 0.683. The zero-order valence-electron chi connectivity index (χ0n) is 12.8. The summed E-state index contributed by atoms with van der Waals surface area (Å²) in [7, 11) is 0. The van der Waals surface area contributed by atoms with Crippen LogP contribution in [0, 0.1) is 0 Å². The van der Waals surface area contributed by atoms with Gasteiger partial charge in [0.05, 0.1) is 0 Å². The Kier molecular flexibility index (Phi) is 1.01. The predicted molar refractivity (Wildman–Crippen MR) is 51.8 cm³/mol. The van der Waals surface area contributed by atoms with Crippen LogP contribution in [0.15, 0.2) is 29.2 Å². The van der Waals surface area contributed by atoms with E-state index < -0.39 is 18.9 Å². The van der Waals surface area contributed by atoms with E-state index in [9.17, 15) is 0 Å². The summed E-state index contributed by atoms with van der Waals surface area (Å²) in [6.07, 6.45) is 0. The van der Waals surface area contributed by atoms with Crippen LogP contribution in [-0.4, -0.2) is 5.23 Å². The van der Waals surface area contributed by atoms with Crippen molar-refractivity contribution in [1.29, 1.82) is 0 Å². The smallest absolute Gasteiger partial charge is 0.0452 e. The zero-order chi connectivity index (χ0) is 14.2. The number of hydrogen-bond donors (Lipinski definition) is 1. The molecule has 0 aromatic heterocycles. The number of para-hydroxylation sites is 1. The Morgan fingerprint density at radius 3 is 2.91 bits per heavy atom. The molecule has 1 aromatic rings. The third-order valence-corrected chi connectivity index (χ3v) is 1.93. The molecule has 0 atom stereocenters. The third kappa shape index (κ3) is 2.46. The summed E-state index contributed by atoms with van der Waals surface area (Å²) in [6.45, 7) is -5.91. The summed E-state index contributed by atoms with van der Waals surface area (Å²) in [4.78, 5) is 0.278. The van der Waals surface area contributed by atoms with E-state index in [2.05, 4.69) is 0 Å². The average Bonchev–Trinajstić information content (AvgIpc) is 2.18. The Hall–Kier alpha value is -0.630. The van der Waals surface area contributed by atoms with Gasteiger partial charge in [0.1, 0.15) is 0 Å². The molecule has 0 heterocycles. The molecule has 0 aliphatic carbocycles. The van der Waals surface area contributed by atoms with Gasteiger partial charge in [-0.1, -0.05) is 25.8 Å². The molecule has 0 saturated carbocycles. The van der Waals surface area contributed by atoms with Gasteiger partial charge in [0.25, 0.3) is 0 Å². The van der Waals surface area contributed by atoms with Crippen molar-refractivity contribution in [2.24, 2.45) is 0 Å². The standard InChI is InChI=1S/C9H13NS/c1-7(2)11-9-6-4-3-5-8(9)10/h3-7H,10H2,1-2H3/i1D3,2D3,7D. The van der Waals surface area contributed by atoms with Crippen molar-refractivity contribution in [2.45, 2.75) is 23.8 Å². The summed E-state index contributed by atoms with van der Waals surface area (Å²) in [5.41, 5.74) is 5.90. The molecule has 0 amide bonds. The normalized spacial score (nSPS) is 23.1. The molecule has 0 aliphatic heterocycles. The van der Waals surface area contributed by atoms with E-state index in [4.69, 9.17) is 15.3 Å². The van der Waals surface area contributed by atoms with Crippen LogP contribution in [0.3, 0.4) is 0 Å². The Balaban J connectivity index is 3.21. The molecule has 60 valence electrons. The van der Waals surface area contributed by atoms with Crippen LogP contribution < -0.4 is 5.73 Å². The maximum absolute atomic E-state index is 7.84. The van der Waals surface area contributed by atoms with Gasteiger partial charge < -0.3 is 5.73 Å². The number of hydrogen-bond acceptors (Lipinski definition) is 2. The highest BCUT2D eigenvalue weighted by Gasteiger charge is 2.00. The highest BCUT2D eigenvalue weighted by atomic mass is 32.2. The van der Waals surface area contributed by atoms with E-state index in [0.717, 1.165) is 0 Å². The summed E-state index contributed by atoms with van der Waals surface area (Å²) in [5, 5.41) is -2.64. The molecular formula is C9H13NS. The van der Waals surface area contributed by atoms with Crippen LogP contribution in [0.1, 0.15) is 23.3 Å². The first-order valence-corrected chi connectivity index (χ1v) is 3.84. The van der Waals surface area contributed by atoms with Crippen molar-refractivity contribution in [1.82, 2.24) is 0 Å². The van der Waals surface area contributed by atoms with Crippen molar-refractivity contribution in [3.05, 3.63) is 24.3 Å². The van der Waals surface area contributed by atoms with Crippen LogP contribution in [0.4, 0.5) is 5.69 Å². The second-order valence-corrected chi connectivity index (χ2v) is 3.02. The molecule has 0 fully saturated rings. The SMILES string of the molecule is [2H]C([2H])([2H])C([2H])(Sc1ccccc1N)C([2H])([2H])[2H]. The van der Waals surface area contributed by atoms with Gasteiger partial charge in [-0.3, -0.25) is 0 Å². The Bertz CT molecular complexity index is 412. The lowest BCUT2D eigenvalue weighted by atomic mass is 10.3. The zero-order valence-corrected chi connectivity index (χ0v) is 6.61. The first kappa shape index (κ1) is 3.02. The van der Waals surface area contributed by atoms with Crippen molar-refractivity contribution < 1.29 is 9.60 Å². The molecule has 0 spiro atoms. The second kappa shape index (κ2) is 3.67. The molecule has 0 unspecified atom stereocenters. The van der Waals surface area contributed by atoms with E-state index in [0.29, 0.717) is 11.8 Å². The van der Waals surface area contributed by atoms with Crippen LogP contribution >= 0.6 is 11.8 Å². The first-order chi connectivity index (χ1) is 7.99. The highest BCUT2D eigenvalue weighted by Crippen LogP contribution is 2.27. The molecule has 2 heteroatoms. The van der Waals surface area contributed by atoms with E-state index in [1.165, 1.54) is 12.1 Å². The van der Waals surface area contributed by atoms with Crippen LogP contribution in [0.25, 0.3) is 0 Å². The van der Waals surface area contributed by atoms with Gasteiger partial charge in [-0.25, -0.2) is 0 Å². The lowest BCUT2D eigenvalue weighted by Crippen LogP contribution is -1.91. The monoisotopic (exact) mass is 174 g/mol. The molecule has 11 heavy (non-hydrogen) atoms. The Morgan fingerprint density at radius 1 is 1.55 bits per heavy atom. The fraction of sp³-hybridized carbons (Fsp3) is 0.333. The van der Waals surface area contributed by atoms with Gasteiger partial charge in [0.2, 0.25) is 0 Å². The van der Waals surface area contributed by atoms with Crippen LogP contribution in [0.2, 0.25) is 0 Å². The minimum absolute atomic E-state index is 0.257. The van der Waals surface area contributed by atoms with Gasteiger partial charge in [0, 0.05) is 25.4 Å². The number of nitrogens with two attached hydrogens (primary N) is 1. The van der Waals surface area contributed by atoms with Gasteiger partial charge in [-0.15, -0.1) is 11.8 Å². The van der Waals surface area contributed by atoms with E-state index in [-0.39, 0.29) is 10.6 Å². The average molecular weight is 174 g/mol. The minimum Gasteiger partial charge on any atom is -0.398 e. The summed E-state index contributed by atoms with van der Waals surface area (Å²) >= 11 is 0.448. The molecule has 0 saturated heterocycles. The van der Waals surface area contributed by atoms with E-state index in [1.807, 2.05) is 0 Å². The topological polar surface area (TPSA) is 26.0 Å². The molecule has 1 aromatic carbocycles.